The maximum Gasteiger partial charge on any atom is 0.310 e. The largest absolute Gasteiger partial charge is 0.469 e. The highest BCUT2D eigenvalue weighted by Gasteiger charge is 2.35. The summed E-state index contributed by atoms with van der Waals surface area (Å²) in [6, 6.07) is 7.55. The lowest BCUT2D eigenvalue weighted by atomic mass is 10.1. The molecule has 0 bridgehead atoms. The zero-order chi connectivity index (χ0) is 14.7. The van der Waals surface area contributed by atoms with E-state index >= 15 is 0 Å². The van der Waals surface area contributed by atoms with Gasteiger partial charge in [-0.25, -0.2) is 0 Å². The van der Waals surface area contributed by atoms with Crippen LogP contribution in [0.25, 0.3) is 0 Å². The van der Waals surface area contributed by atoms with Gasteiger partial charge in [0.1, 0.15) is 0 Å². The number of ether oxygens (including phenoxy) is 1. The van der Waals surface area contributed by atoms with E-state index in [4.69, 9.17) is 4.74 Å². The molecule has 4 nitrogen and oxygen atoms in total. The Morgan fingerprint density at radius 2 is 1.95 bits per heavy atom. The third-order valence-electron chi connectivity index (χ3n) is 3.41. The molecule has 0 heterocycles. The number of hydrogen-bond donors (Lipinski definition) is 0. The molecule has 20 heavy (non-hydrogen) atoms. The van der Waals surface area contributed by atoms with Crippen LogP contribution in [0.4, 0.5) is 0 Å². The van der Waals surface area contributed by atoms with E-state index in [1.54, 1.807) is 24.0 Å². The second-order valence-corrected chi connectivity index (χ2v) is 6.04. The van der Waals surface area contributed by atoms with Crippen LogP contribution in [0.5, 0.6) is 0 Å². The van der Waals surface area contributed by atoms with Gasteiger partial charge in [0.05, 0.1) is 13.0 Å². The molecule has 0 aliphatic heterocycles. The average molecular weight is 340 g/mol. The summed E-state index contributed by atoms with van der Waals surface area (Å²) in [5.41, 5.74) is 0.650. The summed E-state index contributed by atoms with van der Waals surface area (Å²) in [7, 11) is 1.37. The van der Waals surface area contributed by atoms with E-state index in [0.29, 0.717) is 12.1 Å². The van der Waals surface area contributed by atoms with Gasteiger partial charge in [0.15, 0.2) is 0 Å². The molecule has 1 aromatic carbocycles. The Hall–Kier alpha value is -1.36. The van der Waals surface area contributed by atoms with Crippen LogP contribution in [-0.4, -0.2) is 36.5 Å². The molecule has 1 amide bonds. The van der Waals surface area contributed by atoms with E-state index in [1.807, 2.05) is 12.1 Å². The number of halogens is 1. The average Bonchev–Trinajstić information content (AvgIpc) is 3.28. The van der Waals surface area contributed by atoms with E-state index in [9.17, 15) is 9.59 Å². The summed E-state index contributed by atoms with van der Waals surface area (Å²) in [5, 5.41) is 0. The lowest BCUT2D eigenvalue weighted by Gasteiger charge is -2.25. The van der Waals surface area contributed by atoms with Gasteiger partial charge in [0, 0.05) is 22.6 Å². The van der Waals surface area contributed by atoms with Crippen LogP contribution in [0.2, 0.25) is 0 Å². The summed E-state index contributed by atoms with van der Waals surface area (Å²) in [4.78, 5) is 25.9. The number of benzene rings is 1. The SMILES string of the molecule is COC(=O)C(C)CN(C(=O)c1ccc(Br)cc1)C1CC1. The van der Waals surface area contributed by atoms with Gasteiger partial charge in [0.2, 0.25) is 0 Å². The Balaban J connectivity index is 2.10. The number of amides is 1. The molecular weight excluding hydrogens is 322 g/mol. The maximum absolute atomic E-state index is 12.5. The number of rotatable bonds is 5. The molecule has 0 aromatic heterocycles. The quantitative estimate of drug-likeness (QED) is 0.775. The molecule has 1 aliphatic rings. The smallest absolute Gasteiger partial charge is 0.310 e. The Morgan fingerprint density at radius 1 is 1.35 bits per heavy atom. The molecule has 1 fully saturated rings. The third-order valence-corrected chi connectivity index (χ3v) is 3.94. The number of hydrogen-bond acceptors (Lipinski definition) is 3. The molecule has 108 valence electrons. The van der Waals surface area contributed by atoms with Crippen molar-refractivity contribution in [2.45, 2.75) is 25.8 Å². The lowest BCUT2D eigenvalue weighted by molar-refractivity contribution is -0.145. The molecule has 0 saturated heterocycles. The third kappa shape index (κ3) is 3.60. The van der Waals surface area contributed by atoms with Crippen molar-refractivity contribution in [1.29, 1.82) is 0 Å². The minimum absolute atomic E-state index is 0.0178. The van der Waals surface area contributed by atoms with Crippen LogP contribution < -0.4 is 0 Å². The zero-order valence-electron chi connectivity index (χ0n) is 11.6. The normalized spacial score (nSPS) is 15.6. The second kappa shape index (κ2) is 6.39. The molecule has 1 unspecified atom stereocenters. The summed E-state index contributed by atoms with van der Waals surface area (Å²) >= 11 is 3.36. The van der Waals surface area contributed by atoms with E-state index in [-0.39, 0.29) is 23.8 Å². The Bertz CT molecular complexity index is 496. The molecule has 0 radical (unpaired) electrons. The monoisotopic (exact) mass is 339 g/mol. The number of carbonyl (C=O) groups excluding carboxylic acids is 2. The minimum atomic E-state index is -0.306. The fourth-order valence-electron chi connectivity index (χ4n) is 2.11. The number of methoxy groups -OCH3 is 1. The van der Waals surface area contributed by atoms with E-state index in [0.717, 1.165) is 17.3 Å². The van der Waals surface area contributed by atoms with Gasteiger partial charge in [-0.15, -0.1) is 0 Å². The van der Waals surface area contributed by atoms with E-state index in [1.165, 1.54) is 7.11 Å². The standard InChI is InChI=1S/C15H18BrNO3/c1-10(15(19)20-2)9-17(13-7-8-13)14(18)11-3-5-12(16)6-4-11/h3-6,10,13H,7-9H2,1-2H3. The molecule has 1 aliphatic carbocycles. The first-order valence-corrected chi connectivity index (χ1v) is 7.46. The van der Waals surface area contributed by atoms with Crippen molar-refractivity contribution >= 4 is 27.8 Å². The Kier molecular flexibility index (Phi) is 4.81. The summed E-state index contributed by atoms with van der Waals surface area (Å²) in [5.74, 6) is -0.602. The van der Waals surface area contributed by atoms with Crippen molar-refractivity contribution in [3.8, 4) is 0 Å². The summed E-state index contributed by atoms with van der Waals surface area (Å²) < 4.78 is 5.67. The van der Waals surface area contributed by atoms with Gasteiger partial charge in [-0.05, 0) is 37.1 Å². The molecule has 0 spiro atoms. The van der Waals surface area contributed by atoms with Crippen molar-refractivity contribution in [3.63, 3.8) is 0 Å². The molecule has 0 N–H and O–H groups in total. The number of nitrogens with zero attached hydrogens (tertiary/aromatic N) is 1. The Morgan fingerprint density at radius 3 is 2.45 bits per heavy atom. The zero-order valence-corrected chi connectivity index (χ0v) is 13.2. The number of esters is 1. The molecule has 2 rings (SSSR count). The first kappa shape index (κ1) is 15.0. The van der Waals surface area contributed by atoms with Crippen LogP contribution in [0.3, 0.4) is 0 Å². The predicted octanol–water partition coefficient (Wildman–Crippen LogP) is 2.86. The van der Waals surface area contributed by atoms with Gasteiger partial charge in [-0.2, -0.15) is 0 Å². The lowest BCUT2D eigenvalue weighted by Crippen LogP contribution is -2.38. The fourth-order valence-corrected chi connectivity index (χ4v) is 2.38. The van der Waals surface area contributed by atoms with Crippen molar-refractivity contribution in [2.24, 2.45) is 5.92 Å². The van der Waals surface area contributed by atoms with E-state index in [2.05, 4.69) is 15.9 Å². The molecule has 1 saturated carbocycles. The van der Waals surface area contributed by atoms with Gasteiger partial charge in [0.25, 0.3) is 5.91 Å². The molecular formula is C15H18BrNO3. The van der Waals surface area contributed by atoms with Crippen LogP contribution in [0, 0.1) is 5.92 Å². The van der Waals surface area contributed by atoms with Crippen LogP contribution in [0.15, 0.2) is 28.7 Å². The van der Waals surface area contributed by atoms with Gasteiger partial charge < -0.3 is 9.64 Å². The highest BCUT2D eigenvalue weighted by molar-refractivity contribution is 9.10. The molecule has 1 aromatic rings. The van der Waals surface area contributed by atoms with Crippen LogP contribution in [0.1, 0.15) is 30.1 Å². The van der Waals surface area contributed by atoms with Crippen molar-refractivity contribution in [3.05, 3.63) is 34.3 Å². The second-order valence-electron chi connectivity index (χ2n) is 5.12. The molecule has 5 heteroatoms. The van der Waals surface area contributed by atoms with Crippen LogP contribution >= 0.6 is 15.9 Å². The first-order chi connectivity index (χ1) is 9.52. The first-order valence-electron chi connectivity index (χ1n) is 6.67. The van der Waals surface area contributed by atoms with Gasteiger partial charge >= 0.3 is 5.97 Å². The maximum atomic E-state index is 12.5. The van der Waals surface area contributed by atoms with Crippen LogP contribution in [-0.2, 0) is 9.53 Å². The van der Waals surface area contributed by atoms with Gasteiger partial charge in [-0.1, -0.05) is 22.9 Å². The van der Waals surface area contributed by atoms with Crippen molar-refractivity contribution in [1.82, 2.24) is 4.90 Å². The Labute approximate surface area is 127 Å². The predicted molar refractivity (Wildman–Crippen MR) is 79.4 cm³/mol. The molecule has 1 atom stereocenters. The highest BCUT2D eigenvalue weighted by Crippen LogP contribution is 2.29. The van der Waals surface area contributed by atoms with Gasteiger partial charge in [-0.3, -0.25) is 9.59 Å². The summed E-state index contributed by atoms with van der Waals surface area (Å²) in [6.45, 7) is 2.20. The fraction of sp³-hybridized carbons (Fsp3) is 0.467. The topological polar surface area (TPSA) is 46.6 Å². The summed E-state index contributed by atoms with van der Waals surface area (Å²) in [6.07, 6.45) is 2.02. The van der Waals surface area contributed by atoms with Crippen molar-refractivity contribution in [2.75, 3.05) is 13.7 Å². The number of carbonyl (C=O) groups is 2. The van der Waals surface area contributed by atoms with Crippen molar-refractivity contribution < 1.29 is 14.3 Å². The minimum Gasteiger partial charge on any atom is -0.469 e. The highest BCUT2D eigenvalue weighted by atomic mass is 79.9. The van der Waals surface area contributed by atoms with E-state index < -0.39 is 0 Å².